The molecule has 1 N–H and O–H groups in total. The Balaban J connectivity index is 1.73. The van der Waals surface area contributed by atoms with E-state index in [4.69, 9.17) is 0 Å². The van der Waals surface area contributed by atoms with E-state index in [1.807, 2.05) is 22.4 Å². The molecule has 1 aromatic heterocycles. The summed E-state index contributed by atoms with van der Waals surface area (Å²) in [7, 11) is 0. The molecule has 1 saturated heterocycles. The molecule has 1 fully saturated rings. The summed E-state index contributed by atoms with van der Waals surface area (Å²) in [6.45, 7) is 7.69. The number of likely N-dealkylation sites (tertiary alicyclic amines) is 1. The first-order chi connectivity index (χ1) is 10.3. The van der Waals surface area contributed by atoms with Gasteiger partial charge in [-0.1, -0.05) is 26.8 Å². The lowest BCUT2D eigenvalue weighted by Crippen LogP contribution is -2.47. The minimum atomic E-state index is 0.0153. The maximum absolute atomic E-state index is 12.2. The van der Waals surface area contributed by atoms with Crippen molar-refractivity contribution in [3.63, 3.8) is 0 Å². The third kappa shape index (κ3) is 5.44. The van der Waals surface area contributed by atoms with Crippen molar-refractivity contribution in [2.24, 2.45) is 5.41 Å². The minimum absolute atomic E-state index is 0.0153. The van der Waals surface area contributed by atoms with Crippen molar-refractivity contribution in [2.45, 2.75) is 52.5 Å². The fourth-order valence-electron chi connectivity index (χ4n) is 2.71. The van der Waals surface area contributed by atoms with Gasteiger partial charge >= 0.3 is 0 Å². The molecular weight excluding hydrogens is 296 g/mol. The van der Waals surface area contributed by atoms with E-state index < -0.39 is 0 Å². The lowest BCUT2D eigenvalue weighted by atomic mass is 9.91. The first kappa shape index (κ1) is 17.0. The van der Waals surface area contributed by atoms with Crippen LogP contribution in [0.25, 0.3) is 0 Å². The van der Waals surface area contributed by atoms with Crippen molar-refractivity contribution in [1.29, 1.82) is 0 Å². The first-order valence-electron chi connectivity index (χ1n) is 7.93. The molecule has 1 aromatic rings. The van der Waals surface area contributed by atoms with Crippen LogP contribution in [-0.4, -0.2) is 35.8 Å². The molecule has 1 aliphatic heterocycles. The molecule has 5 heteroatoms. The largest absolute Gasteiger partial charge is 0.353 e. The summed E-state index contributed by atoms with van der Waals surface area (Å²) in [5.41, 5.74) is 0.0153. The van der Waals surface area contributed by atoms with E-state index in [0.717, 1.165) is 30.8 Å². The molecule has 2 amide bonds. The number of carbonyl (C=O) groups is 2. The van der Waals surface area contributed by atoms with Gasteiger partial charge in [0.1, 0.15) is 0 Å². The van der Waals surface area contributed by atoms with Gasteiger partial charge in [0.15, 0.2) is 0 Å². The van der Waals surface area contributed by atoms with Crippen LogP contribution in [0.5, 0.6) is 0 Å². The average Bonchev–Trinajstić information content (AvgIpc) is 2.90. The van der Waals surface area contributed by atoms with E-state index in [0.29, 0.717) is 12.8 Å². The highest BCUT2D eigenvalue weighted by Gasteiger charge is 2.25. The van der Waals surface area contributed by atoms with E-state index in [-0.39, 0.29) is 23.3 Å². The predicted molar refractivity (Wildman–Crippen MR) is 89.8 cm³/mol. The molecule has 0 bridgehead atoms. The van der Waals surface area contributed by atoms with Crippen molar-refractivity contribution in [2.75, 3.05) is 13.1 Å². The summed E-state index contributed by atoms with van der Waals surface area (Å²) >= 11 is 1.62. The smallest absolute Gasteiger partial charge is 0.227 e. The first-order valence-corrected chi connectivity index (χ1v) is 8.81. The number of rotatable bonds is 4. The molecule has 0 aliphatic carbocycles. The van der Waals surface area contributed by atoms with E-state index in [9.17, 15) is 9.59 Å². The maximum Gasteiger partial charge on any atom is 0.227 e. The molecule has 0 radical (unpaired) electrons. The molecular formula is C17H26N2O2S. The Hall–Kier alpha value is -1.36. The normalized spacial score (nSPS) is 16.6. The van der Waals surface area contributed by atoms with Gasteiger partial charge in [-0.3, -0.25) is 9.59 Å². The lowest BCUT2D eigenvalue weighted by Gasteiger charge is -2.33. The highest BCUT2D eigenvalue weighted by Crippen LogP contribution is 2.19. The topological polar surface area (TPSA) is 49.4 Å². The molecule has 22 heavy (non-hydrogen) atoms. The Morgan fingerprint density at radius 2 is 2.00 bits per heavy atom. The third-order valence-electron chi connectivity index (χ3n) is 3.81. The molecule has 122 valence electrons. The van der Waals surface area contributed by atoms with Gasteiger partial charge in [-0.05, 0) is 29.7 Å². The number of nitrogens with zero attached hydrogens (tertiary/aromatic N) is 1. The Kier molecular flexibility index (Phi) is 5.62. The van der Waals surface area contributed by atoms with Gasteiger partial charge < -0.3 is 10.2 Å². The van der Waals surface area contributed by atoms with Gasteiger partial charge in [0.05, 0.1) is 6.42 Å². The quantitative estimate of drug-likeness (QED) is 0.926. The zero-order chi connectivity index (χ0) is 16.2. The predicted octanol–water partition coefficient (Wildman–Crippen LogP) is 2.83. The summed E-state index contributed by atoms with van der Waals surface area (Å²) in [4.78, 5) is 27.2. The minimum Gasteiger partial charge on any atom is -0.353 e. The average molecular weight is 322 g/mol. The van der Waals surface area contributed by atoms with Gasteiger partial charge in [-0.2, -0.15) is 0 Å². The zero-order valence-corrected chi connectivity index (χ0v) is 14.5. The molecule has 0 spiro atoms. The van der Waals surface area contributed by atoms with Gasteiger partial charge in [0, 0.05) is 30.4 Å². The SMILES string of the molecule is CC(C)(C)CC(=O)NC1CCN(C(=O)Cc2cccs2)CC1. The fraction of sp³-hybridized carbons (Fsp3) is 0.647. The van der Waals surface area contributed by atoms with Crippen LogP contribution in [0.2, 0.25) is 0 Å². The maximum atomic E-state index is 12.2. The van der Waals surface area contributed by atoms with Crippen molar-refractivity contribution in [1.82, 2.24) is 10.2 Å². The highest BCUT2D eigenvalue weighted by atomic mass is 32.1. The number of amides is 2. The van der Waals surface area contributed by atoms with Gasteiger partial charge in [-0.15, -0.1) is 11.3 Å². The fourth-order valence-corrected chi connectivity index (χ4v) is 3.40. The van der Waals surface area contributed by atoms with E-state index in [1.165, 1.54) is 0 Å². The summed E-state index contributed by atoms with van der Waals surface area (Å²) < 4.78 is 0. The van der Waals surface area contributed by atoms with Crippen LogP contribution in [-0.2, 0) is 16.0 Å². The number of thiophene rings is 1. The molecule has 4 nitrogen and oxygen atoms in total. The van der Waals surface area contributed by atoms with Gasteiger partial charge in [0.25, 0.3) is 0 Å². The molecule has 2 rings (SSSR count). The third-order valence-corrected chi connectivity index (χ3v) is 4.69. The summed E-state index contributed by atoms with van der Waals surface area (Å²) in [5, 5.41) is 5.11. The summed E-state index contributed by atoms with van der Waals surface area (Å²) in [5.74, 6) is 0.317. The van der Waals surface area contributed by atoms with Crippen LogP contribution in [0, 0.1) is 5.41 Å². The number of hydrogen-bond acceptors (Lipinski definition) is 3. The number of nitrogens with one attached hydrogen (secondary N) is 1. The molecule has 0 atom stereocenters. The van der Waals surface area contributed by atoms with Crippen molar-refractivity contribution >= 4 is 23.2 Å². The van der Waals surface area contributed by atoms with E-state index in [1.54, 1.807) is 11.3 Å². The molecule has 0 aromatic carbocycles. The van der Waals surface area contributed by atoms with Crippen LogP contribution in [0.4, 0.5) is 0 Å². The Labute approximate surface area is 136 Å². The van der Waals surface area contributed by atoms with E-state index in [2.05, 4.69) is 26.1 Å². The molecule has 0 saturated carbocycles. The van der Waals surface area contributed by atoms with Crippen molar-refractivity contribution < 1.29 is 9.59 Å². The van der Waals surface area contributed by atoms with Gasteiger partial charge in [0.2, 0.25) is 11.8 Å². The summed E-state index contributed by atoms with van der Waals surface area (Å²) in [6.07, 6.45) is 2.75. The second kappa shape index (κ2) is 7.27. The molecule has 2 heterocycles. The number of carbonyl (C=O) groups excluding carboxylic acids is 2. The summed E-state index contributed by atoms with van der Waals surface area (Å²) in [6, 6.07) is 4.19. The second-order valence-electron chi connectivity index (χ2n) is 7.22. The van der Waals surface area contributed by atoms with Crippen LogP contribution in [0.3, 0.4) is 0 Å². The standard InChI is InChI=1S/C17H26N2O2S/c1-17(2,3)12-15(20)18-13-6-8-19(9-7-13)16(21)11-14-5-4-10-22-14/h4-5,10,13H,6-9,11-12H2,1-3H3,(H,18,20). The highest BCUT2D eigenvalue weighted by molar-refractivity contribution is 7.10. The second-order valence-corrected chi connectivity index (χ2v) is 8.25. The molecule has 0 unspecified atom stereocenters. The van der Waals surface area contributed by atoms with Crippen molar-refractivity contribution in [3.05, 3.63) is 22.4 Å². The van der Waals surface area contributed by atoms with Crippen LogP contribution >= 0.6 is 11.3 Å². The van der Waals surface area contributed by atoms with Crippen LogP contribution in [0.1, 0.15) is 44.9 Å². The van der Waals surface area contributed by atoms with E-state index >= 15 is 0 Å². The number of piperidine rings is 1. The Morgan fingerprint density at radius 3 is 2.55 bits per heavy atom. The van der Waals surface area contributed by atoms with Gasteiger partial charge in [-0.25, -0.2) is 0 Å². The van der Waals surface area contributed by atoms with Crippen LogP contribution < -0.4 is 5.32 Å². The zero-order valence-electron chi connectivity index (χ0n) is 13.7. The Bertz CT molecular complexity index is 497. The monoisotopic (exact) mass is 322 g/mol. The van der Waals surface area contributed by atoms with Crippen molar-refractivity contribution in [3.8, 4) is 0 Å². The Morgan fingerprint density at radius 1 is 1.32 bits per heavy atom. The molecule has 1 aliphatic rings. The van der Waals surface area contributed by atoms with Crippen LogP contribution in [0.15, 0.2) is 17.5 Å². The number of hydrogen-bond donors (Lipinski definition) is 1. The lowest BCUT2D eigenvalue weighted by molar-refractivity contribution is -0.131.